The number of nitrogens with zero attached hydrogens (tertiary/aromatic N) is 2. The van der Waals surface area contributed by atoms with Gasteiger partial charge in [-0.3, -0.25) is 4.90 Å². The summed E-state index contributed by atoms with van der Waals surface area (Å²) in [6.45, 7) is 6.34. The molecule has 2 N–H and O–H groups in total. The van der Waals surface area contributed by atoms with E-state index >= 15 is 0 Å². The van der Waals surface area contributed by atoms with Crippen molar-refractivity contribution in [3.05, 3.63) is 23.9 Å². The first-order chi connectivity index (χ1) is 8.67. The summed E-state index contributed by atoms with van der Waals surface area (Å²) in [7, 11) is 1.64. The zero-order chi connectivity index (χ0) is 13.1. The first-order valence-corrected chi connectivity index (χ1v) is 6.63. The van der Waals surface area contributed by atoms with Gasteiger partial charge in [0.15, 0.2) is 0 Å². The largest absolute Gasteiger partial charge is 0.481 e. The van der Waals surface area contributed by atoms with Crippen LogP contribution < -0.4 is 10.5 Å². The molecule has 2 atom stereocenters. The van der Waals surface area contributed by atoms with Gasteiger partial charge in [-0.2, -0.15) is 0 Å². The molecule has 2 unspecified atom stereocenters. The number of ether oxygens (including phenoxy) is 1. The average Bonchev–Trinajstić information content (AvgIpc) is 2.82. The summed E-state index contributed by atoms with van der Waals surface area (Å²) in [5, 5.41) is 0. The van der Waals surface area contributed by atoms with Gasteiger partial charge in [-0.25, -0.2) is 4.98 Å². The third-order valence-electron chi connectivity index (χ3n) is 3.84. The van der Waals surface area contributed by atoms with Gasteiger partial charge in [0.2, 0.25) is 5.88 Å². The van der Waals surface area contributed by atoms with Crippen LogP contribution in [0.2, 0.25) is 0 Å². The molecule has 1 aliphatic rings. The van der Waals surface area contributed by atoms with Gasteiger partial charge < -0.3 is 10.5 Å². The standard InChI is InChI=1S/C14H23N3O/c1-10(2)17-7-6-11(8-15)14(17)12-4-5-13(18-3)16-9-12/h4-5,9-11,14H,6-8,15H2,1-3H3. The minimum Gasteiger partial charge on any atom is -0.481 e. The third kappa shape index (κ3) is 2.49. The van der Waals surface area contributed by atoms with Gasteiger partial charge in [-0.05, 0) is 44.8 Å². The Bertz CT molecular complexity index is 377. The van der Waals surface area contributed by atoms with Crippen LogP contribution in [0.5, 0.6) is 5.88 Å². The molecule has 100 valence electrons. The van der Waals surface area contributed by atoms with E-state index in [2.05, 4.69) is 29.8 Å². The van der Waals surface area contributed by atoms with Crippen LogP contribution in [-0.2, 0) is 0 Å². The molecule has 1 fully saturated rings. The molecular weight excluding hydrogens is 226 g/mol. The van der Waals surface area contributed by atoms with Crippen LogP contribution in [0.3, 0.4) is 0 Å². The van der Waals surface area contributed by atoms with E-state index in [9.17, 15) is 0 Å². The Morgan fingerprint density at radius 2 is 2.28 bits per heavy atom. The molecule has 0 radical (unpaired) electrons. The SMILES string of the molecule is COc1ccc(C2C(CN)CCN2C(C)C)cn1. The second-order valence-electron chi connectivity index (χ2n) is 5.19. The lowest BCUT2D eigenvalue weighted by atomic mass is 9.94. The maximum atomic E-state index is 5.91. The predicted octanol–water partition coefficient (Wildman–Crippen LogP) is 1.82. The Kier molecular flexibility index (Phi) is 4.19. The van der Waals surface area contributed by atoms with Gasteiger partial charge in [0.1, 0.15) is 0 Å². The van der Waals surface area contributed by atoms with E-state index in [4.69, 9.17) is 10.5 Å². The molecule has 18 heavy (non-hydrogen) atoms. The van der Waals surface area contributed by atoms with E-state index in [1.54, 1.807) is 7.11 Å². The highest BCUT2D eigenvalue weighted by molar-refractivity contribution is 5.23. The van der Waals surface area contributed by atoms with Crippen LogP contribution in [0.1, 0.15) is 31.9 Å². The number of hydrogen-bond donors (Lipinski definition) is 1. The van der Waals surface area contributed by atoms with E-state index in [0.717, 1.165) is 13.1 Å². The fourth-order valence-electron chi connectivity index (χ4n) is 2.86. The van der Waals surface area contributed by atoms with Crippen LogP contribution in [0.15, 0.2) is 18.3 Å². The van der Waals surface area contributed by atoms with Crippen molar-refractivity contribution >= 4 is 0 Å². The van der Waals surface area contributed by atoms with Crippen molar-refractivity contribution in [2.75, 3.05) is 20.2 Å². The topological polar surface area (TPSA) is 51.4 Å². The fourth-order valence-corrected chi connectivity index (χ4v) is 2.86. The summed E-state index contributed by atoms with van der Waals surface area (Å²) in [5.74, 6) is 1.19. The number of methoxy groups -OCH3 is 1. The van der Waals surface area contributed by atoms with Crippen molar-refractivity contribution in [3.63, 3.8) is 0 Å². The van der Waals surface area contributed by atoms with E-state index in [-0.39, 0.29) is 0 Å². The van der Waals surface area contributed by atoms with E-state index < -0.39 is 0 Å². The third-order valence-corrected chi connectivity index (χ3v) is 3.84. The maximum absolute atomic E-state index is 5.91. The summed E-state index contributed by atoms with van der Waals surface area (Å²) in [5.41, 5.74) is 7.16. The Morgan fingerprint density at radius 3 is 2.78 bits per heavy atom. The summed E-state index contributed by atoms with van der Waals surface area (Å²) in [4.78, 5) is 6.83. The van der Waals surface area contributed by atoms with Crippen LogP contribution in [0.4, 0.5) is 0 Å². The molecule has 0 amide bonds. The molecule has 2 rings (SSSR count). The lowest BCUT2D eigenvalue weighted by Gasteiger charge is -2.31. The normalized spacial score (nSPS) is 24.7. The Balaban J connectivity index is 2.25. The zero-order valence-corrected chi connectivity index (χ0v) is 11.5. The van der Waals surface area contributed by atoms with Crippen molar-refractivity contribution < 1.29 is 4.74 Å². The first kappa shape index (κ1) is 13.3. The Hall–Kier alpha value is -1.13. The molecule has 0 saturated carbocycles. The highest BCUT2D eigenvalue weighted by Crippen LogP contribution is 2.37. The maximum Gasteiger partial charge on any atom is 0.212 e. The second kappa shape index (κ2) is 5.67. The molecule has 1 aromatic rings. The molecule has 0 aromatic carbocycles. The average molecular weight is 249 g/mol. The molecule has 4 nitrogen and oxygen atoms in total. The van der Waals surface area contributed by atoms with Crippen LogP contribution in [0, 0.1) is 5.92 Å². The molecule has 1 aromatic heterocycles. The molecule has 2 heterocycles. The van der Waals surface area contributed by atoms with Gasteiger partial charge >= 0.3 is 0 Å². The molecule has 1 aliphatic heterocycles. The minimum absolute atomic E-state index is 0.397. The first-order valence-electron chi connectivity index (χ1n) is 6.63. The number of likely N-dealkylation sites (tertiary alicyclic amines) is 1. The van der Waals surface area contributed by atoms with Crippen molar-refractivity contribution in [3.8, 4) is 5.88 Å². The number of pyridine rings is 1. The number of nitrogens with two attached hydrogens (primary N) is 1. The van der Waals surface area contributed by atoms with E-state index in [0.29, 0.717) is 23.9 Å². The summed E-state index contributed by atoms with van der Waals surface area (Å²) < 4.78 is 5.11. The Labute approximate surface area is 109 Å². The molecular formula is C14H23N3O. The molecule has 4 heteroatoms. The number of hydrogen-bond acceptors (Lipinski definition) is 4. The predicted molar refractivity (Wildman–Crippen MR) is 72.5 cm³/mol. The second-order valence-corrected chi connectivity index (χ2v) is 5.19. The van der Waals surface area contributed by atoms with Gasteiger partial charge in [0.25, 0.3) is 0 Å². The molecule has 1 saturated heterocycles. The van der Waals surface area contributed by atoms with Gasteiger partial charge in [-0.15, -0.1) is 0 Å². The number of aromatic nitrogens is 1. The summed E-state index contributed by atoms with van der Waals surface area (Å²) in [6.07, 6.45) is 3.10. The van der Waals surface area contributed by atoms with Crippen molar-refractivity contribution in [1.82, 2.24) is 9.88 Å². The van der Waals surface area contributed by atoms with Gasteiger partial charge in [-0.1, -0.05) is 6.07 Å². The summed E-state index contributed by atoms with van der Waals surface area (Å²) in [6, 6.07) is 4.97. The highest BCUT2D eigenvalue weighted by atomic mass is 16.5. The molecule has 0 aliphatic carbocycles. The van der Waals surface area contributed by atoms with Crippen molar-refractivity contribution in [1.29, 1.82) is 0 Å². The smallest absolute Gasteiger partial charge is 0.212 e. The van der Waals surface area contributed by atoms with E-state index in [1.807, 2.05) is 12.3 Å². The van der Waals surface area contributed by atoms with Crippen molar-refractivity contribution in [2.45, 2.75) is 32.4 Å². The van der Waals surface area contributed by atoms with Gasteiger partial charge in [0, 0.05) is 24.3 Å². The van der Waals surface area contributed by atoms with E-state index in [1.165, 1.54) is 12.0 Å². The zero-order valence-electron chi connectivity index (χ0n) is 11.5. The van der Waals surface area contributed by atoms with Crippen LogP contribution in [0.25, 0.3) is 0 Å². The monoisotopic (exact) mass is 249 g/mol. The fraction of sp³-hybridized carbons (Fsp3) is 0.643. The summed E-state index contributed by atoms with van der Waals surface area (Å²) >= 11 is 0. The lowest BCUT2D eigenvalue weighted by Crippen LogP contribution is -2.33. The van der Waals surface area contributed by atoms with Crippen molar-refractivity contribution in [2.24, 2.45) is 11.7 Å². The molecule has 0 spiro atoms. The number of rotatable bonds is 4. The highest BCUT2D eigenvalue weighted by Gasteiger charge is 2.35. The Morgan fingerprint density at radius 1 is 1.50 bits per heavy atom. The minimum atomic E-state index is 0.397. The molecule has 0 bridgehead atoms. The quantitative estimate of drug-likeness (QED) is 0.884. The lowest BCUT2D eigenvalue weighted by molar-refractivity contribution is 0.184. The van der Waals surface area contributed by atoms with Gasteiger partial charge in [0.05, 0.1) is 7.11 Å². The van der Waals surface area contributed by atoms with Crippen LogP contribution >= 0.6 is 0 Å². The van der Waals surface area contributed by atoms with Crippen LogP contribution in [-0.4, -0.2) is 36.1 Å².